The Bertz CT molecular complexity index is 1310. The summed E-state index contributed by atoms with van der Waals surface area (Å²) in [7, 11) is 0. The molecule has 176 valence electrons. The Morgan fingerprint density at radius 3 is 2.53 bits per heavy atom. The van der Waals surface area contributed by atoms with E-state index < -0.39 is 17.7 Å². The highest BCUT2D eigenvalue weighted by Crippen LogP contribution is 2.38. The summed E-state index contributed by atoms with van der Waals surface area (Å²) in [5.41, 5.74) is 2.43. The van der Waals surface area contributed by atoms with Gasteiger partial charge in [-0.3, -0.25) is 14.5 Å². The first-order valence-electron chi connectivity index (χ1n) is 11.5. The van der Waals surface area contributed by atoms with Crippen molar-refractivity contribution < 1.29 is 19.3 Å². The highest BCUT2D eigenvalue weighted by Gasteiger charge is 2.47. The molecule has 0 N–H and O–H groups in total. The molecule has 0 aliphatic carbocycles. The van der Waals surface area contributed by atoms with Crippen LogP contribution >= 0.6 is 11.6 Å². The van der Waals surface area contributed by atoms with Gasteiger partial charge in [-0.25, -0.2) is 4.68 Å². The van der Waals surface area contributed by atoms with Gasteiger partial charge in [0.1, 0.15) is 5.57 Å². The van der Waals surface area contributed by atoms with Crippen molar-refractivity contribution in [3.63, 3.8) is 0 Å². The first kappa shape index (κ1) is 23.7. The topological polar surface area (TPSA) is 82.1 Å². The maximum Gasteiger partial charge on any atom is 0.327 e. The number of carbonyl (C=O) groups excluding carboxylic acids is 2. The Morgan fingerprint density at radius 2 is 1.88 bits per heavy atom. The monoisotopic (exact) mass is 478 g/mol. The molecule has 0 fully saturated rings. The number of aryl methyl sites for hydroxylation is 2. The van der Waals surface area contributed by atoms with Crippen molar-refractivity contribution in [2.45, 2.75) is 53.0 Å². The summed E-state index contributed by atoms with van der Waals surface area (Å²) in [6.45, 7) is 7.55. The van der Waals surface area contributed by atoms with Crippen LogP contribution in [0.15, 0.2) is 48.8 Å². The SMILES string of the molecule is CCCc1nn(-c2cccc(Cl)c2)c([O-])c1C1=C([n+]2cccc(CC)c2)C(=O)N(C(C)C)C1=O. The van der Waals surface area contributed by atoms with Gasteiger partial charge in [-0.1, -0.05) is 37.9 Å². The quantitative estimate of drug-likeness (QED) is 0.384. The number of imide groups is 1. The number of pyridine rings is 1. The third-order valence-electron chi connectivity index (χ3n) is 5.84. The zero-order chi connectivity index (χ0) is 24.6. The Kier molecular flexibility index (Phi) is 6.57. The van der Waals surface area contributed by atoms with Crippen molar-refractivity contribution in [2.75, 3.05) is 0 Å². The van der Waals surface area contributed by atoms with Crippen LogP contribution in [0.1, 0.15) is 50.9 Å². The summed E-state index contributed by atoms with van der Waals surface area (Å²) in [5, 5.41) is 18.8. The summed E-state index contributed by atoms with van der Waals surface area (Å²) in [6.07, 6.45) is 5.53. The molecule has 34 heavy (non-hydrogen) atoms. The van der Waals surface area contributed by atoms with Crippen LogP contribution in [0.25, 0.3) is 17.0 Å². The van der Waals surface area contributed by atoms with E-state index in [1.165, 1.54) is 9.58 Å². The highest BCUT2D eigenvalue weighted by molar-refractivity contribution is 6.45. The normalized spacial score (nSPS) is 14.1. The van der Waals surface area contributed by atoms with E-state index in [0.717, 1.165) is 18.4 Å². The van der Waals surface area contributed by atoms with Crippen LogP contribution < -0.4 is 9.67 Å². The van der Waals surface area contributed by atoms with E-state index in [4.69, 9.17) is 11.6 Å². The molecular weight excluding hydrogens is 452 g/mol. The molecule has 0 saturated carbocycles. The fourth-order valence-electron chi connectivity index (χ4n) is 4.23. The Labute approximate surface area is 203 Å². The van der Waals surface area contributed by atoms with Gasteiger partial charge < -0.3 is 5.11 Å². The van der Waals surface area contributed by atoms with Crippen LogP contribution in [0.4, 0.5) is 0 Å². The number of benzene rings is 1. The lowest BCUT2D eigenvalue weighted by atomic mass is 10.0. The molecule has 0 radical (unpaired) electrons. The smallest absolute Gasteiger partial charge is 0.327 e. The van der Waals surface area contributed by atoms with Crippen molar-refractivity contribution in [2.24, 2.45) is 0 Å². The van der Waals surface area contributed by atoms with Gasteiger partial charge in [-0.2, -0.15) is 9.67 Å². The molecule has 0 saturated heterocycles. The van der Waals surface area contributed by atoms with Crippen LogP contribution in [0.3, 0.4) is 0 Å². The number of hydrogen-bond acceptors (Lipinski definition) is 4. The molecule has 2 amide bonds. The van der Waals surface area contributed by atoms with Crippen LogP contribution in [-0.4, -0.2) is 32.5 Å². The first-order valence-corrected chi connectivity index (χ1v) is 11.8. The average Bonchev–Trinajstić information content (AvgIpc) is 3.26. The van der Waals surface area contributed by atoms with Crippen molar-refractivity contribution in [3.05, 3.63) is 70.6 Å². The molecule has 4 rings (SSSR count). The van der Waals surface area contributed by atoms with E-state index in [0.29, 0.717) is 22.8 Å². The molecule has 7 nitrogen and oxygen atoms in total. The van der Waals surface area contributed by atoms with Crippen molar-refractivity contribution in [3.8, 4) is 11.6 Å². The third kappa shape index (κ3) is 4.01. The Hall–Kier alpha value is -3.45. The Balaban J connectivity index is 2.03. The first-order chi connectivity index (χ1) is 16.3. The van der Waals surface area contributed by atoms with E-state index >= 15 is 0 Å². The van der Waals surface area contributed by atoms with Crippen molar-refractivity contribution in [1.29, 1.82) is 0 Å². The zero-order valence-corrected chi connectivity index (χ0v) is 20.5. The van der Waals surface area contributed by atoms with Gasteiger partial charge >= 0.3 is 5.91 Å². The summed E-state index contributed by atoms with van der Waals surface area (Å²) in [6, 6.07) is 10.2. The van der Waals surface area contributed by atoms with E-state index in [2.05, 4.69) is 5.10 Å². The largest absolute Gasteiger partial charge is 0.858 e. The third-order valence-corrected chi connectivity index (χ3v) is 6.08. The fraction of sp³-hybridized carbons (Fsp3) is 0.308. The average molecular weight is 479 g/mol. The van der Waals surface area contributed by atoms with Gasteiger partial charge in [-0.05, 0) is 56.8 Å². The van der Waals surface area contributed by atoms with Crippen LogP contribution in [-0.2, 0) is 22.4 Å². The molecule has 1 aliphatic rings. The molecule has 2 aromatic heterocycles. The maximum absolute atomic E-state index is 13.7. The van der Waals surface area contributed by atoms with Gasteiger partial charge in [0.25, 0.3) is 11.6 Å². The molecule has 1 aromatic carbocycles. The van der Waals surface area contributed by atoms with Crippen molar-refractivity contribution >= 4 is 34.7 Å². The van der Waals surface area contributed by atoms with Crippen LogP contribution in [0.5, 0.6) is 5.88 Å². The highest BCUT2D eigenvalue weighted by atomic mass is 35.5. The summed E-state index contributed by atoms with van der Waals surface area (Å²) in [4.78, 5) is 28.4. The number of amides is 2. The van der Waals surface area contributed by atoms with E-state index in [1.807, 2.05) is 32.2 Å². The maximum atomic E-state index is 13.7. The zero-order valence-electron chi connectivity index (χ0n) is 19.7. The predicted molar refractivity (Wildman–Crippen MR) is 128 cm³/mol. The number of nitrogens with zero attached hydrogens (tertiary/aromatic N) is 4. The summed E-state index contributed by atoms with van der Waals surface area (Å²) < 4.78 is 2.92. The lowest BCUT2D eigenvalue weighted by Crippen LogP contribution is -2.42. The van der Waals surface area contributed by atoms with Gasteiger partial charge in [0.05, 0.1) is 11.4 Å². The van der Waals surface area contributed by atoms with Crippen LogP contribution in [0, 0.1) is 0 Å². The molecular formula is C26H27ClN4O3. The van der Waals surface area contributed by atoms with Gasteiger partial charge in [-0.15, -0.1) is 0 Å². The van der Waals surface area contributed by atoms with E-state index in [-0.39, 0.29) is 22.9 Å². The van der Waals surface area contributed by atoms with E-state index in [9.17, 15) is 14.7 Å². The molecule has 3 aromatic rings. The second kappa shape index (κ2) is 9.43. The fourth-order valence-corrected chi connectivity index (χ4v) is 4.42. The standard InChI is InChI=1S/C26H27ClN4O3/c1-5-9-20-21(25(33)31(28-20)19-12-7-11-18(27)14-19)22-23(26(34)30(16(3)4)24(22)32)29-13-8-10-17(6-2)15-29/h7-8,10-16H,5-6,9H2,1-4H3. The number of hydrogen-bond donors (Lipinski definition) is 0. The molecule has 0 atom stereocenters. The lowest BCUT2D eigenvalue weighted by molar-refractivity contribution is -0.577. The minimum absolute atomic E-state index is 0.0960. The molecule has 0 spiro atoms. The number of halogens is 1. The number of carbonyl (C=O) groups is 2. The second-order valence-electron chi connectivity index (χ2n) is 8.54. The van der Waals surface area contributed by atoms with Gasteiger partial charge in [0, 0.05) is 28.3 Å². The van der Waals surface area contributed by atoms with Crippen molar-refractivity contribution in [1.82, 2.24) is 14.7 Å². The minimum atomic E-state index is -0.482. The molecule has 1 aliphatic heterocycles. The van der Waals surface area contributed by atoms with E-state index in [1.54, 1.807) is 48.9 Å². The number of rotatable bonds is 7. The van der Waals surface area contributed by atoms with Crippen LogP contribution in [0.2, 0.25) is 5.02 Å². The minimum Gasteiger partial charge on any atom is -0.858 e. The summed E-state index contributed by atoms with van der Waals surface area (Å²) in [5.74, 6) is -1.35. The molecule has 3 heterocycles. The Morgan fingerprint density at radius 1 is 1.12 bits per heavy atom. The molecule has 0 unspecified atom stereocenters. The number of aromatic nitrogens is 3. The molecule has 0 bridgehead atoms. The molecule has 8 heteroatoms. The second-order valence-corrected chi connectivity index (χ2v) is 8.98. The lowest BCUT2D eigenvalue weighted by Gasteiger charge is -2.18. The summed E-state index contributed by atoms with van der Waals surface area (Å²) >= 11 is 6.15. The van der Waals surface area contributed by atoms with Gasteiger partial charge in [0.15, 0.2) is 12.4 Å². The van der Waals surface area contributed by atoms with Gasteiger partial charge in [0.2, 0.25) is 0 Å². The predicted octanol–water partition coefficient (Wildman–Crippen LogP) is 3.55.